The molecule has 1 N–H and O–H groups in total. The third-order valence-electron chi connectivity index (χ3n) is 2.33. The van der Waals surface area contributed by atoms with Gasteiger partial charge in [-0.3, -0.25) is 4.79 Å². The quantitative estimate of drug-likeness (QED) is 0.750. The number of rotatable bonds is 3. The Morgan fingerprint density at radius 3 is 3.23 bits per heavy atom. The van der Waals surface area contributed by atoms with Crippen LogP contribution in [0.2, 0.25) is 0 Å². The summed E-state index contributed by atoms with van der Waals surface area (Å²) in [5.74, 6) is 0.317. The first kappa shape index (κ1) is 8.91. The van der Waals surface area contributed by atoms with E-state index in [9.17, 15) is 4.79 Å². The largest absolute Gasteiger partial charge is 0.309 e. The molecule has 0 radical (unpaired) electrons. The Morgan fingerprint density at radius 2 is 2.46 bits per heavy atom. The van der Waals surface area contributed by atoms with Gasteiger partial charge in [0.2, 0.25) is 0 Å². The minimum Gasteiger partial charge on any atom is -0.309 e. The van der Waals surface area contributed by atoms with Crippen LogP contribution in [0.25, 0.3) is 0 Å². The monoisotopic (exact) mass is 195 g/mol. The summed E-state index contributed by atoms with van der Waals surface area (Å²) in [5.41, 5.74) is 2.58. The number of hydrogen-bond acceptors (Lipinski definition) is 3. The van der Waals surface area contributed by atoms with Crippen LogP contribution in [-0.4, -0.2) is 5.78 Å². The molecule has 13 heavy (non-hydrogen) atoms. The third kappa shape index (κ3) is 1.54. The molecule has 0 saturated carbocycles. The fourth-order valence-corrected chi connectivity index (χ4v) is 2.72. The van der Waals surface area contributed by atoms with Gasteiger partial charge in [0.1, 0.15) is 0 Å². The van der Waals surface area contributed by atoms with Gasteiger partial charge in [-0.15, -0.1) is 11.3 Å². The van der Waals surface area contributed by atoms with E-state index in [4.69, 9.17) is 0 Å². The molecule has 0 aromatic carbocycles. The SMILES string of the molecule is CCCC(=O)c1scc2c1CNC2. The highest BCUT2D eigenvalue weighted by molar-refractivity contribution is 7.12. The van der Waals surface area contributed by atoms with Crippen molar-refractivity contribution in [3.63, 3.8) is 0 Å². The summed E-state index contributed by atoms with van der Waals surface area (Å²) >= 11 is 1.61. The van der Waals surface area contributed by atoms with Crippen molar-refractivity contribution in [2.24, 2.45) is 0 Å². The summed E-state index contributed by atoms with van der Waals surface area (Å²) in [6.45, 7) is 3.86. The van der Waals surface area contributed by atoms with Crippen molar-refractivity contribution < 1.29 is 4.79 Å². The van der Waals surface area contributed by atoms with Crippen molar-refractivity contribution in [3.05, 3.63) is 21.4 Å². The Balaban J connectivity index is 2.26. The molecular formula is C10H13NOS. The normalized spacial score (nSPS) is 14.5. The highest BCUT2D eigenvalue weighted by atomic mass is 32.1. The van der Waals surface area contributed by atoms with Crippen molar-refractivity contribution in [2.75, 3.05) is 0 Å². The molecule has 0 bridgehead atoms. The predicted octanol–water partition coefficient (Wildman–Crippen LogP) is 2.33. The molecule has 2 rings (SSSR count). The second kappa shape index (κ2) is 3.60. The molecule has 0 atom stereocenters. The summed E-state index contributed by atoms with van der Waals surface area (Å²) in [6, 6.07) is 0. The molecule has 1 aliphatic rings. The lowest BCUT2D eigenvalue weighted by Crippen LogP contribution is -2.04. The lowest BCUT2D eigenvalue weighted by molar-refractivity contribution is 0.0985. The maximum absolute atomic E-state index is 11.6. The predicted molar refractivity (Wildman–Crippen MR) is 54.1 cm³/mol. The van der Waals surface area contributed by atoms with Crippen LogP contribution >= 0.6 is 11.3 Å². The van der Waals surface area contributed by atoms with Crippen LogP contribution in [0.3, 0.4) is 0 Å². The molecule has 1 aliphatic heterocycles. The number of nitrogens with one attached hydrogen (secondary N) is 1. The Morgan fingerprint density at radius 1 is 1.62 bits per heavy atom. The van der Waals surface area contributed by atoms with Gasteiger partial charge in [0.25, 0.3) is 0 Å². The van der Waals surface area contributed by atoms with Crippen molar-refractivity contribution in [1.82, 2.24) is 5.32 Å². The van der Waals surface area contributed by atoms with Crippen LogP contribution in [0.4, 0.5) is 0 Å². The molecule has 70 valence electrons. The number of carbonyl (C=O) groups excluding carboxylic acids is 1. The summed E-state index contributed by atoms with van der Waals surface area (Å²) in [4.78, 5) is 12.6. The summed E-state index contributed by atoms with van der Waals surface area (Å²) in [7, 11) is 0. The van der Waals surface area contributed by atoms with E-state index < -0.39 is 0 Å². The summed E-state index contributed by atoms with van der Waals surface area (Å²) in [5, 5.41) is 5.37. The molecule has 0 saturated heterocycles. The zero-order chi connectivity index (χ0) is 9.26. The van der Waals surface area contributed by atoms with Crippen molar-refractivity contribution in [1.29, 1.82) is 0 Å². The molecule has 1 aromatic heterocycles. The van der Waals surface area contributed by atoms with Gasteiger partial charge in [0, 0.05) is 19.5 Å². The fraction of sp³-hybridized carbons (Fsp3) is 0.500. The van der Waals surface area contributed by atoms with Gasteiger partial charge >= 0.3 is 0 Å². The van der Waals surface area contributed by atoms with Gasteiger partial charge in [-0.2, -0.15) is 0 Å². The third-order valence-corrected chi connectivity index (χ3v) is 3.44. The van der Waals surface area contributed by atoms with Gasteiger partial charge in [0.15, 0.2) is 5.78 Å². The van der Waals surface area contributed by atoms with Gasteiger partial charge in [0.05, 0.1) is 4.88 Å². The molecule has 0 spiro atoms. The number of thiophene rings is 1. The zero-order valence-corrected chi connectivity index (χ0v) is 8.54. The highest BCUT2D eigenvalue weighted by Gasteiger charge is 2.20. The van der Waals surface area contributed by atoms with Gasteiger partial charge in [-0.25, -0.2) is 0 Å². The maximum atomic E-state index is 11.6. The molecule has 3 heteroatoms. The number of fused-ring (bicyclic) bond motifs is 1. The van der Waals surface area contributed by atoms with Crippen LogP contribution in [0, 0.1) is 0 Å². The molecule has 0 fully saturated rings. The van der Waals surface area contributed by atoms with Crippen molar-refractivity contribution in [3.8, 4) is 0 Å². The number of Topliss-reactive ketones (excluding diaryl/α,β-unsaturated/α-hetero) is 1. The minimum atomic E-state index is 0.317. The second-order valence-corrected chi connectivity index (χ2v) is 4.23. The van der Waals surface area contributed by atoms with E-state index in [-0.39, 0.29) is 0 Å². The lowest BCUT2D eigenvalue weighted by Gasteiger charge is -1.97. The van der Waals surface area contributed by atoms with Crippen LogP contribution in [-0.2, 0) is 13.1 Å². The van der Waals surface area contributed by atoms with Crippen LogP contribution in [0.5, 0.6) is 0 Å². The lowest BCUT2D eigenvalue weighted by atomic mass is 10.1. The van der Waals surface area contributed by atoms with Crippen LogP contribution in [0.15, 0.2) is 5.38 Å². The van der Waals surface area contributed by atoms with E-state index in [1.54, 1.807) is 11.3 Å². The first-order valence-corrected chi connectivity index (χ1v) is 5.54. The Hall–Kier alpha value is -0.670. The van der Waals surface area contributed by atoms with Gasteiger partial charge < -0.3 is 5.32 Å². The first-order valence-electron chi connectivity index (χ1n) is 4.66. The van der Waals surface area contributed by atoms with E-state index in [1.807, 2.05) is 6.92 Å². The smallest absolute Gasteiger partial charge is 0.173 e. The Kier molecular flexibility index (Phi) is 2.47. The fourth-order valence-electron chi connectivity index (χ4n) is 1.66. The van der Waals surface area contributed by atoms with Gasteiger partial charge in [-0.1, -0.05) is 6.92 Å². The maximum Gasteiger partial charge on any atom is 0.173 e. The molecule has 2 nitrogen and oxygen atoms in total. The zero-order valence-electron chi connectivity index (χ0n) is 7.72. The average molecular weight is 195 g/mol. The van der Waals surface area contributed by atoms with E-state index in [2.05, 4.69) is 10.7 Å². The first-order chi connectivity index (χ1) is 6.33. The highest BCUT2D eigenvalue weighted by Crippen LogP contribution is 2.27. The summed E-state index contributed by atoms with van der Waals surface area (Å²) < 4.78 is 0. The van der Waals surface area contributed by atoms with Crippen LogP contribution in [0.1, 0.15) is 40.6 Å². The topological polar surface area (TPSA) is 29.1 Å². The molecule has 0 unspecified atom stereocenters. The van der Waals surface area contributed by atoms with Crippen molar-refractivity contribution >= 4 is 17.1 Å². The molecule has 0 amide bonds. The second-order valence-electron chi connectivity index (χ2n) is 3.35. The van der Waals surface area contributed by atoms with E-state index in [0.717, 1.165) is 24.4 Å². The van der Waals surface area contributed by atoms with Crippen LogP contribution < -0.4 is 5.32 Å². The number of carbonyl (C=O) groups is 1. The molecule has 1 aromatic rings. The Labute approximate surface area is 82.0 Å². The van der Waals surface area contributed by atoms with E-state index >= 15 is 0 Å². The van der Waals surface area contributed by atoms with Crippen molar-refractivity contribution in [2.45, 2.75) is 32.9 Å². The number of ketones is 1. The standard InChI is InChI=1S/C10H13NOS/c1-2-3-9(12)10-8-5-11-4-7(8)6-13-10/h6,11H,2-5H2,1H3. The molecular weight excluding hydrogens is 182 g/mol. The molecule has 2 heterocycles. The average Bonchev–Trinajstić information content (AvgIpc) is 2.62. The minimum absolute atomic E-state index is 0.317. The van der Waals surface area contributed by atoms with E-state index in [1.165, 1.54) is 11.1 Å². The number of hydrogen-bond donors (Lipinski definition) is 1. The van der Waals surface area contributed by atoms with Gasteiger partial charge in [-0.05, 0) is 22.9 Å². The summed E-state index contributed by atoms with van der Waals surface area (Å²) in [6.07, 6.45) is 1.63. The Bertz CT molecular complexity index is 330. The molecule has 0 aliphatic carbocycles. The van der Waals surface area contributed by atoms with E-state index in [0.29, 0.717) is 12.2 Å².